The van der Waals surface area contributed by atoms with Crippen LogP contribution in [0.3, 0.4) is 0 Å². The molecule has 1 aromatic heterocycles. The molecule has 1 heterocycles. The second-order valence-electron chi connectivity index (χ2n) is 4.34. The number of halogens is 2. The molecular weight excluding hydrogens is 297 g/mol. The Labute approximate surface area is 115 Å². The van der Waals surface area contributed by atoms with Gasteiger partial charge in [0.1, 0.15) is 11.6 Å². The third-order valence-corrected chi connectivity index (χ3v) is 3.62. The first-order valence-electron chi connectivity index (χ1n) is 6.28. The van der Waals surface area contributed by atoms with Gasteiger partial charge in [0.15, 0.2) is 5.58 Å². The van der Waals surface area contributed by atoms with E-state index in [0.717, 1.165) is 29.6 Å². The normalized spacial score (nSPS) is 13.1. The number of hydrogen-bond donors (Lipinski definition) is 1. The third-order valence-electron chi connectivity index (χ3n) is 2.99. The van der Waals surface area contributed by atoms with Crippen LogP contribution in [0.15, 0.2) is 27.1 Å². The molecule has 0 aliphatic carbocycles. The van der Waals surface area contributed by atoms with Crippen molar-refractivity contribution in [2.45, 2.75) is 32.7 Å². The summed E-state index contributed by atoms with van der Waals surface area (Å²) in [6, 6.07) is 5.06. The number of hydrogen-bond acceptors (Lipinski definition) is 2. The molecule has 1 atom stereocenters. The molecule has 0 radical (unpaired) electrons. The van der Waals surface area contributed by atoms with Gasteiger partial charge in [-0.1, -0.05) is 13.8 Å². The Hall–Kier alpha value is -0.870. The molecule has 0 amide bonds. The van der Waals surface area contributed by atoms with Crippen LogP contribution in [0.5, 0.6) is 0 Å². The molecule has 0 saturated carbocycles. The van der Waals surface area contributed by atoms with E-state index < -0.39 is 0 Å². The van der Waals surface area contributed by atoms with Crippen molar-refractivity contribution in [3.63, 3.8) is 0 Å². The summed E-state index contributed by atoms with van der Waals surface area (Å²) in [7, 11) is 0. The fourth-order valence-electron chi connectivity index (χ4n) is 2.01. The standard InChI is InChI=1S/C14H17BrFNO/c1-3-7-17-12(4-2)13-8-9-11(16)6-5-10(15)14(9)18-13/h5-6,8,12,17H,3-4,7H2,1-2H3. The molecule has 4 heteroatoms. The van der Waals surface area contributed by atoms with Crippen molar-refractivity contribution >= 4 is 26.9 Å². The van der Waals surface area contributed by atoms with Crippen molar-refractivity contribution in [3.8, 4) is 0 Å². The van der Waals surface area contributed by atoms with Gasteiger partial charge in [0.25, 0.3) is 0 Å². The predicted molar refractivity (Wildman–Crippen MR) is 75.2 cm³/mol. The van der Waals surface area contributed by atoms with Gasteiger partial charge in [-0.05, 0) is 53.5 Å². The minimum atomic E-state index is -0.242. The Morgan fingerprint density at radius 3 is 2.78 bits per heavy atom. The zero-order chi connectivity index (χ0) is 13.1. The van der Waals surface area contributed by atoms with E-state index in [1.54, 1.807) is 12.1 Å². The van der Waals surface area contributed by atoms with Gasteiger partial charge >= 0.3 is 0 Å². The molecule has 0 fully saturated rings. The van der Waals surface area contributed by atoms with Crippen LogP contribution < -0.4 is 5.32 Å². The van der Waals surface area contributed by atoms with E-state index in [1.807, 2.05) is 0 Å². The largest absolute Gasteiger partial charge is 0.458 e. The zero-order valence-corrected chi connectivity index (χ0v) is 12.2. The maximum atomic E-state index is 13.7. The van der Waals surface area contributed by atoms with E-state index in [2.05, 4.69) is 35.1 Å². The van der Waals surface area contributed by atoms with E-state index >= 15 is 0 Å². The molecule has 1 N–H and O–H groups in total. The predicted octanol–water partition coefficient (Wildman–Crippen LogP) is 4.79. The van der Waals surface area contributed by atoms with Crippen LogP contribution in [0.2, 0.25) is 0 Å². The lowest BCUT2D eigenvalue weighted by Crippen LogP contribution is -2.20. The Balaban J connectivity index is 2.39. The SMILES string of the molecule is CCCNC(CC)c1cc2c(F)ccc(Br)c2o1. The smallest absolute Gasteiger partial charge is 0.151 e. The van der Waals surface area contributed by atoms with Gasteiger partial charge in [0.2, 0.25) is 0 Å². The van der Waals surface area contributed by atoms with Crippen molar-refractivity contribution in [3.05, 3.63) is 34.2 Å². The first-order valence-corrected chi connectivity index (χ1v) is 7.07. The Morgan fingerprint density at radius 1 is 1.39 bits per heavy atom. The van der Waals surface area contributed by atoms with Crippen LogP contribution in [-0.2, 0) is 0 Å². The summed E-state index contributed by atoms with van der Waals surface area (Å²) < 4.78 is 20.3. The van der Waals surface area contributed by atoms with Crippen LogP contribution in [0.1, 0.15) is 38.5 Å². The maximum Gasteiger partial charge on any atom is 0.151 e. The minimum absolute atomic E-state index is 0.142. The van der Waals surface area contributed by atoms with Gasteiger partial charge < -0.3 is 9.73 Å². The second kappa shape index (κ2) is 5.85. The molecule has 1 aromatic carbocycles. The van der Waals surface area contributed by atoms with Gasteiger partial charge in [0.05, 0.1) is 15.9 Å². The average Bonchev–Trinajstić information content (AvgIpc) is 2.81. The molecule has 2 nitrogen and oxygen atoms in total. The van der Waals surface area contributed by atoms with Gasteiger partial charge in [-0.2, -0.15) is 0 Å². The lowest BCUT2D eigenvalue weighted by molar-refractivity contribution is 0.420. The molecule has 0 bridgehead atoms. The van der Waals surface area contributed by atoms with E-state index in [9.17, 15) is 4.39 Å². The van der Waals surface area contributed by atoms with Gasteiger partial charge in [-0.15, -0.1) is 0 Å². The first-order chi connectivity index (χ1) is 8.67. The van der Waals surface area contributed by atoms with E-state index in [4.69, 9.17) is 4.42 Å². The Kier molecular flexibility index (Phi) is 4.40. The maximum absolute atomic E-state index is 13.7. The summed E-state index contributed by atoms with van der Waals surface area (Å²) in [5.41, 5.74) is 0.585. The molecule has 0 saturated heterocycles. The topological polar surface area (TPSA) is 25.2 Å². The van der Waals surface area contributed by atoms with Crippen LogP contribution in [0.4, 0.5) is 4.39 Å². The Morgan fingerprint density at radius 2 is 2.17 bits per heavy atom. The van der Waals surface area contributed by atoms with Crippen molar-refractivity contribution in [1.29, 1.82) is 0 Å². The van der Waals surface area contributed by atoms with Gasteiger partial charge in [-0.25, -0.2) is 4.39 Å². The molecular formula is C14H17BrFNO. The zero-order valence-electron chi connectivity index (χ0n) is 10.6. The highest BCUT2D eigenvalue weighted by molar-refractivity contribution is 9.10. The highest BCUT2D eigenvalue weighted by Gasteiger charge is 2.17. The Bertz CT molecular complexity index is 499. The number of furan rings is 1. The summed E-state index contributed by atoms with van der Waals surface area (Å²) in [4.78, 5) is 0. The quantitative estimate of drug-likeness (QED) is 0.859. The summed E-state index contributed by atoms with van der Waals surface area (Å²) in [5.74, 6) is 0.556. The van der Waals surface area contributed by atoms with Crippen LogP contribution in [-0.4, -0.2) is 6.54 Å². The molecule has 0 spiro atoms. The number of rotatable bonds is 5. The van der Waals surface area contributed by atoms with Crippen LogP contribution in [0.25, 0.3) is 11.0 Å². The average molecular weight is 314 g/mol. The molecule has 0 aliphatic heterocycles. The molecule has 2 aromatic rings. The fraction of sp³-hybridized carbons (Fsp3) is 0.429. The second-order valence-corrected chi connectivity index (χ2v) is 5.19. The van der Waals surface area contributed by atoms with Crippen LogP contribution >= 0.6 is 15.9 Å². The van der Waals surface area contributed by atoms with Gasteiger partial charge in [0, 0.05) is 0 Å². The van der Waals surface area contributed by atoms with Crippen molar-refractivity contribution in [2.24, 2.45) is 0 Å². The summed E-state index contributed by atoms with van der Waals surface area (Å²) in [5, 5.41) is 3.94. The number of nitrogens with one attached hydrogen (secondary N) is 1. The van der Waals surface area contributed by atoms with E-state index in [1.165, 1.54) is 6.07 Å². The highest BCUT2D eigenvalue weighted by Crippen LogP contribution is 2.32. The van der Waals surface area contributed by atoms with E-state index in [0.29, 0.717) is 11.0 Å². The monoisotopic (exact) mass is 313 g/mol. The van der Waals surface area contributed by atoms with Crippen molar-refractivity contribution < 1.29 is 8.81 Å². The lowest BCUT2D eigenvalue weighted by atomic mass is 10.1. The van der Waals surface area contributed by atoms with Crippen molar-refractivity contribution in [2.75, 3.05) is 6.54 Å². The molecule has 98 valence electrons. The fourth-order valence-corrected chi connectivity index (χ4v) is 2.44. The summed E-state index contributed by atoms with van der Waals surface area (Å²) in [6.07, 6.45) is 1.98. The number of benzene rings is 1. The third kappa shape index (κ3) is 2.59. The molecule has 0 aliphatic rings. The molecule has 2 rings (SSSR count). The highest BCUT2D eigenvalue weighted by atomic mass is 79.9. The van der Waals surface area contributed by atoms with Crippen LogP contribution in [0, 0.1) is 5.82 Å². The lowest BCUT2D eigenvalue weighted by Gasteiger charge is -2.13. The van der Waals surface area contributed by atoms with Crippen molar-refractivity contribution in [1.82, 2.24) is 5.32 Å². The first kappa shape index (κ1) is 13.6. The molecule has 18 heavy (non-hydrogen) atoms. The summed E-state index contributed by atoms with van der Waals surface area (Å²) in [6.45, 7) is 5.14. The van der Waals surface area contributed by atoms with E-state index in [-0.39, 0.29) is 11.9 Å². The molecule has 1 unspecified atom stereocenters. The van der Waals surface area contributed by atoms with Gasteiger partial charge in [-0.3, -0.25) is 0 Å². The number of fused-ring (bicyclic) bond motifs is 1. The summed E-state index contributed by atoms with van der Waals surface area (Å²) >= 11 is 3.39. The minimum Gasteiger partial charge on any atom is -0.458 e.